The zero-order valence-electron chi connectivity index (χ0n) is 18.0. The van der Waals surface area contributed by atoms with Crippen LogP contribution in [0.1, 0.15) is 55.8 Å². The standard InChI is InChI=1S/C23H30N4O4/c1-2-7-19(28)26-13-6-10-18(16-26)27-21(30)23(24-22(27)31)11-14-25(15-12-23)20(29)17-8-4-3-5-9-17/h3-5,8-9,18H,2,6-7,10-16H2,1H3,(H,24,31)/t18-/m1/s1. The Bertz CT molecular complexity index is 864. The van der Waals surface area contributed by atoms with E-state index in [1.54, 1.807) is 21.9 Å². The van der Waals surface area contributed by atoms with Crippen LogP contribution in [0.5, 0.6) is 0 Å². The number of hydrogen-bond donors (Lipinski definition) is 1. The fraction of sp³-hybridized carbons (Fsp3) is 0.565. The molecule has 1 aromatic rings. The molecule has 166 valence electrons. The molecule has 31 heavy (non-hydrogen) atoms. The number of nitrogens with zero attached hydrogens (tertiary/aromatic N) is 3. The lowest BCUT2D eigenvalue weighted by atomic mass is 9.86. The van der Waals surface area contributed by atoms with Crippen molar-refractivity contribution in [3.63, 3.8) is 0 Å². The number of benzene rings is 1. The Kier molecular flexibility index (Phi) is 5.98. The molecule has 5 amide bonds. The van der Waals surface area contributed by atoms with Gasteiger partial charge in [0, 0.05) is 38.2 Å². The summed E-state index contributed by atoms with van der Waals surface area (Å²) in [5, 5.41) is 2.93. The van der Waals surface area contributed by atoms with Gasteiger partial charge in [-0.25, -0.2) is 4.79 Å². The lowest BCUT2D eigenvalue weighted by Gasteiger charge is -2.39. The number of carbonyl (C=O) groups is 4. The predicted molar refractivity (Wildman–Crippen MR) is 114 cm³/mol. The first kappa shape index (κ1) is 21.3. The second-order valence-electron chi connectivity index (χ2n) is 8.73. The van der Waals surface area contributed by atoms with Crippen molar-refractivity contribution in [2.75, 3.05) is 26.2 Å². The second-order valence-corrected chi connectivity index (χ2v) is 8.73. The van der Waals surface area contributed by atoms with Crippen molar-refractivity contribution in [1.82, 2.24) is 20.0 Å². The van der Waals surface area contributed by atoms with E-state index in [0.29, 0.717) is 57.4 Å². The van der Waals surface area contributed by atoms with Crippen LogP contribution < -0.4 is 5.32 Å². The van der Waals surface area contributed by atoms with Gasteiger partial charge in [0.05, 0.1) is 6.04 Å². The van der Waals surface area contributed by atoms with Crippen molar-refractivity contribution in [3.05, 3.63) is 35.9 Å². The molecule has 3 heterocycles. The first-order valence-electron chi connectivity index (χ1n) is 11.2. The number of amides is 5. The Hall–Kier alpha value is -2.90. The average molecular weight is 427 g/mol. The Morgan fingerprint density at radius 3 is 2.45 bits per heavy atom. The van der Waals surface area contributed by atoms with Gasteiger partial charge in [-0.1, -0.05) is 25.1 Å². The molecule has 0 radical (unpaired) electrons. The third-order valence-electron chi connectivity index (χ3n) is 6.70. The van der Waals surface area contributed by atoms with Gasteiger partial charge in [-0.15, -0.1) is 0 Å². The van der Waals surface area contributed by atoms with Crippen LogP contribution in [0, 0.1) is 0 Å². The maximum Gasteiger partial charge on any atom is 0.325 e. The maximum absolute atomic E-state index is 13.4. The van der Waals surface area contributed by atoms with Crippen molar-refractivity contribution in [3.8, 4) is 0 Å². The van der Waals surface area contributed by atoms with Crippen LogP contribution in [-0.4, -0.2) is 76.2 Å². The predicted octanol–water partition coefficient (Wildman–Crippen LogP) is 2.00. The molecule has 3 aliphatic heterocycles. The zero-order valence-corrected chi connectivity index (χ0v) is 18.0. The largest absolute Gasteiger partial charge is 0.341 e. The molecule has 0 bridgehead atoms. The molecular weight excluding hydrogens is 396 g/mol. The first-order valence-corrected chi connectivity index (χ1v) is 11.2. The number of urea groups is 1. The summed E-state index contributed by atoms with van der Waals surface area (Å²) in [6.45, 7) is 3.89. The molecule has 0 aliphatic carbocycles. The van der Waals surface area contributed by atoms with Crippen molar-refractivity contribution < 1.29 is 19.2 Å². The molecule has 8 nitrogen and oxygen atoms in total. The van der Waals surface area contributed by atoms with E-state index >= 15 is 0 Å². The van der Waals surface area contributed by atoms with Crippen molar-refractivity contribution in [2.24, 2.45) is 0 Å². The van der Waals surface area contributed by atoms with Crippen molar-refractivity contribution in [2.45, 2.75) is 57.0 Å². The summed E-state index contributed by atoms with van der Waals surface area (Å²) < 4.78 is 0. The summed E-state index contributed by atoms with van der Waals surface area (Å²) in [6, 6.07) is 8.43. The Labute approximate surface area is 182 Å². The highest BCUT2D eigenvalue weighted by Gasteiger charge is 2.54. The Balaban J connectivity index is 1.42. The number of nitrogens with one attached hydrogen (secondary N) is 1. The van der Waals surface area contributed by atoms with E-state index < -0.39 is 5.54 Å². The van der Waals surface area contributed by atoms with Crippen molar-refractivity contribution >= 4 is 23.8 Å². The fourth-order valence-corrected chi connectivity index (χ4v) is 4.93. The molecule has 4 rings (SSSR count). The molecule has 3 aliphatic rings. The summed E-state index contributed by atoms with van der Waals surface area (Å²) in [5.74, 6) is -0.178. The number of piperidine rings is 2. The van der Waals surface area contributed by atoms with Gasteiger partial charge in [-0.2, -0.15) is 0 Å². The average Bonchev–Trinajstić information content (AvgIpc) is 3.03. The third kappa shape index (κ3) is 4.03. The second kappa shape index (κ2) is 8.69. The number of likely N-dealkylation sites (tertiary alicyclic amines) is 2. The Morgan fingerprint density at radius 2 is 1.77 bits per heavy atom. The highest BCUT2D eigenvalue weighted by Crippen LogP contribution is 2.33. The maximum atomic E-state index is 13.4. The fourth-order valence-electron chi connectivity index (χ4n) is 4.93. The summed E-state index contributed by atoms with van der Waals surface area (Å²) in [5.41, 5.74) is -0.318. The summed E-state index contributed by atoms with van der Waals surface area (Å²) in [4.78, 5) is 56.1. The zero-order chi connectivity index (χ0) is 22.0. The summed E-state index contributed by atoms with van der Waals surface area (Å²) in [7, 11) is 0. The highest BCUT2D eigenvalue weighted by molar-refractivity contribution is 6.07. The molecule has 1 N–H and O–H groups in total. The van der Waals surface area contributed by atoms with Crippen LogP contribution in [0.2, 0.25) is 0 Å². The molecule has 0 aromatic heterocycles. The van der Waals surface area contributed by atoms with E-state index in [-0.39, 0.29) is 29.8 Å². The number of imide groups is 1. The molecule has 1 atom stereocenters. The van der Waals surface area contributed by atoms with E-state index in [4.69, 9.17) is 0 Å². The quantitative estimate of drug-likeness (QED) is 0.746. The van der Waals surface area contributed by atoms with E-state index in [1.807, 2.05) is 25.1 Å². The SMILES string of the molecule is CCCC(=O)N1CCC[C@@H](N2C(=O)NC3(CCN(C(=O)c4ccccc4)CC3)C2=O)C1. The third-order valence-corrected chi connectivity index (χ3v) is 6.70. The van der Waals surface area contributed by atoms with E-state index in [0.717, 1.165) is 12.8 Å². The van der Waals surface area contributed by atoms with Crippen molar-refractivity contribution in [1.29, 1.82) is 0 Å². The number of carbonyl (C=O) groups excluding carboxylic acids is 4. The van der Waals surface area contributed by atoms with Gasteiger partial charge in [0.25, 0.3) is 11.8 Å². The van der Waals surface area contributed by atoms with Gasteiger partial charge in [0.1, 0.15) is 5.54 Å². The van der Waals surface area contributed by atoms with Crippen LogP contribution in [0.15, 0.2) is 30.3 Å². The van der Waals surface area contributed by atoms with Gasteiger partial charge in [-0.05, 0) is 44.2 Å². The summed E-state index contributed by atoms with van der Waals surface area (Å²) >= 11 is 0. The molecule has 1 spiro atoms. The smallest absolute Gasteiger partial charge is 0.325 e. The van der Waals surface area contributed by atoms with Gasteiger partial charge in [-0.3, -0.25) is 19.3 Å². The minimum atomic E-state index is -0.944. The van der Waals surface area contributed by atoms with Gasteiger partial charge >= 0.3 is 6.03 Å². The topological polar surface area (TPSA) is 90.0 Å². The molecule has 0 unspecified atom stereocenters. The molecule has 3 saturated heterocycles. The van der Waals surface area contributed by atoms with Crippen LogP contribution in [0.4, 0.5) is 4.79 Å². The van der Waals surface area contributed by atoms with Crippen LogP contribution in [0.25, 0.3) is 0 Å². The van der Waals surface area contributed by atoms with Gasteiger partial charge in [0.2, 0.25) is 5.91 Å². The molecule has 3 fully saturated rings. The molecule has 8 heteroatoms. The minimum absolute atomic E-state index is 0.0542. The van der Waals surface area contributed by atoms with Gasteiger partial charge in [0.15, 0.2) is 0 Å². The van der Waals surface area contributed by atoms with E-state index in [1.165, 1.54) is 4.90 Å². The Morgan fingerprint density at radius 1 is 1.06 bits per heavy atom. The van der Waals surface area contributed by atoms with E-state index in [9.17, 15) is 19.2 Å². The minimum Gasteiger partial charge on any atom is -0.341 e. The van der Waals surface area contributed by atoms with Crippen LogP contribution in [0.3, 0.4) is 0 Å². The molecule has 0 saturated carbocycles. The first-order chi connectivity index (χ1) is 14.9. The number of hydrogen-bond acceptors (Lipinski definition) is 4. The van der Waals surface area contributed by atoms with E-state index in [2.05, 4.69) is 5.32 Å². The number of rotatable bonds is 4. The monoisotopic (exact) mass is 426 g/mol. The molecular formula is C23H30N4O4. The lowest BCUT2D eigenvalue weighted by Crippen LogP contribution is -2.57. The highest BCUT2D eigenvalue weighted by atomic mass is 16.2. The van der Waals surface area contributed by atoms with Gasteiger partial charge < -0.3 is 15.1 Å². The summed E-state index contributed by atoms with van der Waals surface area (Å²) in [6.07, 6.45) is 3.56. The van der Waals surface area contributed by atoms with Crippen LogP contribution in [-0.2, 0) is 9.59 Å². The normalized spacial score (nSPS) is 23.3. The lowest BCUT2D eigenvalue weighted by molar-refractivity contribution is -0.139. The molecule has 1 aromatic carbocycles. The van der Waals surface area contributed by atoms with Crippen LogP contribution >= 0.6 is 0 Å².